The number of amides is 2. The van der Waals surface area contributed by atoms with E-state index in [-0.39, 0.29) is 29.1 Å². The number of ether oxygens (including phenoxy) is 1. The van der Waals surface area contributed by atoms with Crippen molar-refractivity contribution in [2.45, 2.75) is 96.1 Å². The first-order valence-corrected chi connectivity index (χ1v) is 16.3. The lowest BCUT2D eigenvalue weighted by molar-refractivity contribution is 0.135. The van der Waals surface area contributed by atoms with Crippen LogP contribution in [-0.4, -0.2) is 45.6 Å². The maximum absolute atomic E-state index is 15.5. The largest absolute Gasteiger partial charge is 0.489 e. The molecule has 3 aliphatic rings. The molecule has 2 N–H and O–H groups in total. The summed E-state index contributed by atoms with van der Waals surface area (Å²) in [5.41, 5.74) is 7.94. The molecule has 1 saturated carbocycles. The fraction of sp³-hybridized carbons (Fsp3) is 0.545. The number of hydrogen-bond donors (Lipinski definition) is 2. The van der Waals surface area contributed by atoms with E-state index >= 15 is 4.39 Å². The molecule has 1 aliphatic carbocycles. The Morgan fingerprint density at radius 3 is 2.62 bits per heavy atom. The van der Waals surface area contributed by atoms with E-state index in [1.807, 2.05) is 27.0 Å². The van der Waals surface area contributed by atoms with Crippen molar-refractivity contribution >= 4 is 34.6 Å². The summed E-state index contributed by atoms with van der Waals surface area (Å²) in [6.07, 6.45) is 5.91. The van der Waals surface area contributed by atoms with Crippen LogP contribution >= 0.6 is 11.9 Å². The lowest BCUT2D eigenvalue weighted by Gasteiger charge is -2.39. The highest BCUT2D eigenvalue weighted by molar-refractivity contribution is 7.98. The molecule has 1 fully saturated rings. The Morgan fingerprint density at radius 2 is 1.88 bits per heavy atom. The van der Waals surface area contributed by atoms with Gasteiger partial charge in [0, 0.05) is 47.4 Å². The number of carbonyl (C=O) groups excluding carboxylic acids is 1. The van der Waals surface area contributed by atoms with Crippen molar-refractivity contribution in [1.29, 1.82) is 0 Å². The smallest absolute Gasteiger partial charge is 0.349 e. The van der Waals surface area contributed by atoms with E-state index in [0.717, 1.165) is 35.3 Å². The minimum absolute atomic E-state index is 0.00748. The molecule has 2 amide bonds. The fourth-order valence-electron chi connectivity index (χ4n) is 7.03. The molecule has 0 saturated heterocycles. The molecule has 3 heterocycles. The van der Waals surface area contributed by atoms with E-state index in [0.29, 0.717) is 24.8 Å². The van der Waals surface area contributed by atoms with Gasteiger partial charge >= 0.3 is 6.03 Å². The van der Waals surface area contributed by atoms with E-state index in [2.05, 4.69) is 54.3 Å². The molecule has 0 radical (unpaired) electrons. The van der Waals surface area contributed by atoms with Crippen LogP contribution in [0.5, 0.6) is 5.75 Å². The summed E-state index contributed by atoms with van der Waals surface area (Å²) < 4.78 is 26.0. The van der Waals surface area contributed by atoms with Gasteiger partial charge in [0.05, 0.1) is 23.5 Å². The second-order valence-corrected chi connectivity index (χ2v) is 14.6. The van der Waals surface area contributed by atoms with Crippen LogP contribution in [-0.2, 0) is 6.54 Å². The van der Waals surface area contributed by atoms with Gasteiger partial charge in [0.25, 0.3) is 0 Å². The molecule has 1 aromatic heterocycles. The second kappa shape index (κ2) is 11.4. The number of benzene rings is 2. The van der Waals surface area contributed by atoms with Crippen LogP contribution in [0.25, 0.3) is 22.2 Å². The van der Waals surface area contributed by atoms with Gasteiger partial charge in [-0.2, -0.15) is 4.41 Å². The number of nitrogens with one attached hydrogen (secondary N) is 2. The van der Waals surface area contributed by atoms with Crippen molar-refractivity contribution in [3.8, 4) is 17.0 Å². The molecule has 1 unspecified atom stereocenters. The first kappa shape index (κ1) is 29.3. The molecule has 2 aliphatic heterocycles. The van der Waals surface area contributed by atoms with Gasteiger partial charge in [0.15, 0.2) is 11.6 Å². The summed E-state index contributed by atoms with van der Waals surface area (Å²) in [6, 6.07) is 11.6. The number of aromatic nitrogens is 1. The third-order valence-electron chi connectivity index (χ3n) is 9.02. The molecule has 4 bridgehead atoms. The normalized spacial score (nSPS) is 23.3. The molecular formula is C33H44FN5O2S. The number of urea groups is 1. The molecule has 2 aromatic carbocycles. The number of halogens is 1. The van der Waals surface area contributed by atoms with Gasteiger partial charge in [-0.25, -0.2) is 14.6 Å². The molecule has 2 atom stereocenters. The van der Waals surface area contributed by atoms with Crippen molar-refractivity contribution in [3.63, 3.8) is 0 Å². The topological polar surface area (TPSA) is 61.8 Å². The van der Waals surface area contributed by atoms with Crippen molar-refractivity contribution in [3.05, 3.63) is 47.8 Å². The Morgan fingerprint density at radius 1 is 1.12 bits per heavy atom. The minimum Gasteiger partial charge on any atom is -0.489 e. The fourth-order valence-corrected chi connectivity index (χ4v) is 7.94. The van der Waals surface area contributed by atoms with Crippen molar-refractivity contribution in [2.75, 3.05) is 18.6 Å². The Balaban J connectivity index is 1.62. The van der Waals surface area contributed by atoms with Crippen molar-refractivity contribution in [2.24, 2.45) is 5.92 Å². The van der Waals surface area contributed by atoms with E-state index in [1.165, 1.54) is 48.2 Å². The second-order valence-electron chi connectivity index (χ2n) is 13.1. The highest BCUT2D eigenvalue weighted by atomic mass is 32.2. The lowest BCUT2D eigenvalue weighted by Crippen LogP contribution is -2.63. The number of hydrazine groups is 1. The number of carbonyl (C=O) groups is 1. The SMILES string of the molecule is CC(C)SN1NC(C)(C)NC(C)[C@@H]2COc3c(F)cccc3-c3c(C4CCCCC4)c4ccc(cc4n3C2)N(C)C1=O. The molecule has 3 aromatic rings. The molecule has 226 valence electrons. The number of rotatable bonds is 3. The highest BCUT2D eigenvalue weighted by Gasteiger charge is 2.36. The van der Waals surface area contributed by atoms with E-state index in [1.54, 1.807) is 15.4 Å². The maximum atomic E-state index is 15.5. The number of fused-ring (bicyclic) bond motifs is 4. The third kappa shape index (κ3) is 5.40. The quantitative estimate of drug-likeness (QED) is 0.306. The number of anilines is 1. The predicted molar refractivity (Wildman–Crippen MR) is 170 cm³/mol. The maximum Gasteiger partial charge on any atom is 0.349 e. The lowest BCUT2D eigenvalue weighted by atomic mass is 9.81. The summed E-state index contributed by atoms with van der Waals surface area (Å²) in [6.45, 7) is 11.5. The molecular weight excluding hydrogens is 549 g/mol. The van der Waals surface area contributed by atoms with Crippen LogP contribution in [0.15, 0.2) is 36.4 Å². The van der Waals surface area contributed by atoms with Crippen LogP contribution in [0.3, 0.4) is 0 Å². The first-order valence-electron chi connectivity index (χ1n) is 15.4. The van der Waals surface area contributed by atoms with Gasteiger partial charge in [-0.05, 0) is 81.3 Å². The predicted octanol–water partition coefficient (Wildman–Crippen LogP) is 7.65. The van der Waals surface area contributed by atoms with E-state index < -0.39 is 5.66 Å². The average molecular weight is 594 g/mol. The number of nitrogens with zero attached hydrogens (tertiary/aromatic N) is 3. The van der Waals surface area contributed by atoms with Crippen molar-refractivity contribution < 1.29 is 13.9 Å². The molecule has 0 spiro atoms. The molecule has 7 nitrogen and oxygen atoms in total. The summed E-state index contributed by atoms with van der Waals surface area (Å²) in [4.78, 5) is 15.7. The number of para-hydroxylation sites is 1. The number of hydrogen-bond acceptors (Lipinski definition) is 5. The zero-order valence-electron chi connectivity index (χ0n) is 25.7. The zero-order chi connectivity index (χ0) is 29.8. The van der Waals surface area contributed by atoms with Gasteiger partial charge in [-0.3, -0.25) is 10.2 Å². The summed E-state index contributed by atoms with van der Waals surface area (Å²) in [7, 11) is 1.84. The van der Waals surface area contributed by atoms with E-state index in [9.17, 15) is 4.79 Å². The van der Waals surface area contributed by atoms with Crippen LogP contribution in [0.4, 0.5) is 14.9 Å². The van der Waals surface area contributed by atoms with Crippen LogP contribution in [0, 0.1) is 11.7 Å². The molecule has 9 heteroatoms. The monoisotopic (exact) mass is 593 g/mol. The van der Waals surface area contributed by atoms with Gasteiger partial charge in [-0.1, -0.05) is 45.2 Å². The summed E-state index contributed by atoms with van der Waals surface area (Å²) >= 11 is 1.47. The minimum atomic E-state index is -0.613. The third-order valence-corrected chi connectivity index (χ3v) is 9.90. The van der Waals surface area contributed by atoms with E-state index in [4.69, 9.17) is 4.74 Å². The van der Waals surface area contributed by atoms with Crippen molar-refractivity contribution in [1.82, 2.24) is 19.7 Å². The Labute approximate surface area is 253 Å². The first-order chi connectivity index (χ1) is 20.0. The summed E-state index contributed by atoms with van der Waals surface area (Å²) in [5, 5.41) is 5.13. The van der Waals surface area contributed by atoms with Crippen LogP contribution in [0.2, 0.25) is 0 Å². The average Bonchev–Trinajstić information content (AvgIpc) is 3.25. The highest BCUT2D eigenvalue weighted by Crippen LogP contribution is 2.48. The van der Waals surface area contributed by atoms with Gasteiger partial charge in [0.2, 0.25) is 0 Å². The molecule has 42 heavy (non-hydrogen) atoms. The molecule has 6 rings (SSSR count). The van der Waals surface area contributed by atoms with Gasteiger partial charge in [-0.15, -0.1) is 0 Å². The standard InChI is InChI=1S/C33H44FN5O2S/c1-20(2)42-39-32(40)37(6)24-15-16-25-28(17-24)38-18-23(21(3)35-33(4,5)36-39)19-41-31-26(13-10-14-27(31)34)30(38)29(25)22-11-8-7-9-12-22/h10,13-17,20-23,35-36H,7-9,11-12,18-19H2,1-6H3/t21?,23-/m0/s1. The Hall–Kier alpha value is -2.75. The van der Waals surface area contributed by atoms with Crippen LogP contribution < -0.4 is 20.4 Å². The van der Waals surface area contributed by atoms with Crippen LogP contribution in [0.1, 0.15) is 78.2 Å². The van der Waals surface area contributed by atoms with Gasteiger partial charge < -0.3 is 9.30 Å². The Bertz CT molecular complexity index is 1480. The van der Waals surface area contributed by atoms with Gasteiger partial charge in [0.1, 0.15) is 0 Å². The summed E-state index contributed by atoms with van der Waals surface area (Å²) in [5.74, 6) is 0.445. The Kier molecular flexibility index (Phi) is 7.96. The zero-order valence-corrected chi connectivity index (χ0v) is 26.5.